The number of phenols is 1. The first kappa shape index (κ1) is 22.9. The third-order valence-corrected chi connectivity index (χ3v) is 4.44. The highest BCUT2D eigenvalue weighted by Crippen LogP contribution is 2.12. The molecule has 9 nitrogen and oxygen atoms in total. The standard InChI is InChI=1S/C21H25N3O6/c22-16(12-25)19(27)23-17(10-14-6-8-15(26)9-7-14)20(28)24-18(21(29)30)11-13-4-2-1-3-5-13/h1-9,16-18,25-26H,10-12,22H2,(H,23,27)(H,24,28)(H,29,30). The number of hydrogen-bond donors (Lipinski definition) is 6. The SMILES string of the molecule is NC(CO)C(=O)NC(Cc1ccc(O)cc1)C(=O)NC(Cc1ccccc1)C(=O)O. The van der Waals surface area contributed by atoms with Crippen LogP contribution in [0.3, 0.4) is 0 Å². The van der Waals surface area contributed by atoms with Crippen LogP contribution < -0.4 is 16.4 Å². The van der Waals surface area contributed by atoms with Gasteiger partial charge in [0.1, 0.15) is 23.9 Å². The lowest BCUT2D eigenvalue weighted by Gasteiger charge is -2.23. The van der Waals surface area contributed by atoms with E-state index in [-0.39, 0.29) is 18.6 Å². The zero-order valence-corrected chi connectivity index (χ0v) is 16.2. The average molecular weight is 415 g/mol. The number of aliphatic hydroxyl groups is 1. The van der Waals surface area contributed by atoms with E-state index in [0.717, 1.165) is 5.56 Å². The Morgan fingerprint density at radius 1 is 0.833 bits per heavy atom. The number of nitrogens with one attached hydrogen (secondary N) is 2. The number of rotatable bonds is 10. The van der Waals surface area contributed by atoms with E-state index in [2.05, 4.69) is 10.6 Å². The summed E-state index contributed by atoms with van der Waals surface area (Å²) in [6.07, 6.45) is 0.103. The molecule has 2 aromatic rings. The van der Waals surface area contributed by atoms with Crippen LogP contribution in [0.25, 0.3) is 0 Å². The molecule has 0 spiro atoms. The Hall–Kier alpha value is -3.43. The molecule has 2 amide bonds. The van der Waals surface area contributed by atoms with Crippen LogP contribution in [0.4, 0.5) is 0 Å². The quantitative estimate of drug-likeness (QED) is 0.306. The number of carboxylic acids is 1. The van der Waals surface area contributed by atoms with Gasteiger partial charge in [-0.25, -0.2) is 4.79 Å². The molecule has 9 heteroatoms. The molecule has 2 aromatic carbocycles. The number of aromatic hydroxyl groups is 1. The molecule has 160 valence electrons. The number of carboxylic acid groups (broad SMARTS) is 1. The van der Waals surface area contributed by atoms with Crippen molar-refractivity contribution in [3.63, 3.8) is 0 Å². The summed E-state index contributed by atoms with van der Waals surface area (Å²) in [5.74, 6) is -2.62. The molecule has 0 aromatic heterocycles. The van der Waals surface area contributed by atoms with Crippen molar-refractivity contribution in [1.82, 2.24) is 10.6 Å². The van der Waals surface area contributed by atoms with E-state index >= 15 is 0 Å². The lowest BCUT2D eigenvalue weighted by atomic mass is 10.0. The highest BCUT2D eigenvalue weighted by atomic mass is 16.4. The van der Waals surface area contributed by atoms with E-state index in [1.165, 1.54) is 12.1 Å². The fourth-order valence-electron chi connectivity index (χ4n) is 2.76. The Kier molecular flexibility index (Phi) is 8.33. The van der Waals surface area contributed by atoms with Crippen molar-refractivity contribution in [2.24, 2.45) is 5.73 Å². The third kappa shape index (κ3) is 6.87. The Morgan fingerprint density at radius 3 is 1.93 bits per heavy atom. The number of carbonyl (C=O) groups excluding carboxylic acids is 2. The molecular formula is C21H25N3O6. The normalized spacial score (nSPS) is 13.7. The second-order valence-electron chi connectivity index (χ2n) is 6.81. The first-order valence-corrected chi connectivity index (χ1v) is 9.32. The largest absolute Gasteiger partial charge is 0.508 e. The van der Waals surface area contributed by atoms with E-state index in [4.69, 9.17) is 10.8 Å². The molecular weight excluding hydrogens is 390 g/mol. The van der Waals surface area contributed by atoms with Crippen LogP contribution in [0.1, 0.15) is 11.1 Å². The van der Waals surface area contributed by atoms with Crippen molar-refractivity contribution in [1.29, 1.82) is 0 Å². The van der Waals surface area contributed by atoms with Crippen LogP contribution in [0.15, 0.2) is 54.6 Å². The molecule has 30 heavy (non-hydrogen) atoms. The highest BCUT2D eigenvalue weighted by molar-refractivity contribution is 5.92. The fourth-order valence-corrected chi connectivity index (χ4v) is 2.76. The number of hydrogen-bond acceptors (Lipinski definition) is 6. The molecule has 0 saturated carbocycles. The van der Waals surface area contributed by atoms with Crippen molar-refractivity contribution in [2.45, 2.75) is 31.0 Å². The molecule has 0 fully saturated rings. The zero-order chi connectivity index (χ0) is 22.1. The summed E-state index contributed by atoms with van der Waals surface area (Å²) in [5.41, 5.74) is 6.86. The number of benzene rings is 2. The van der Waals surface area contributed by atoms with Crippen LogP contribution in [-0.2, 0) is 27.2 Å². The minimum Gasteiger partial charge on any atom is -0.508 e. The minimum atomic E-state index is -1.22. The van der Waals surface area contributed by atoms with Gasteiger partial charge in [0.15, 0.2) is 0 Å². The Balaban J connectivity index is 2.17. The van der Waals surface area contributed by atoms with E-state index < -0.39 is 42.5 Å². The number of aliphatic carboxylic acids is 1. The van der Waals surface area contributed by atoms with Crippen LogP contribution >= 0.6 is 0 Å². The van der Waals surface area contributed by atoms with Gasteiger partial charge >= 0.3 is 5.97 Å². The van der Waals surface area contributed by atoms with Gasteiger partial charge < -0.3 is 31.7 Å². The smallest absolute Gasteiger partial charge is 0.326 e. The predicted octanol–water partition coefficient (Wildman–Crippen LogP) is -0.449. The van der Waals surface area contributed by atoms with Gasteiger partial charge in [0.2, 0.25) is 11.8 Å². The molecule has 7 N–H and O–H groups in total. The maximum absolute atomic E-state index is 12.8. The number of carbonyl (C=O) groups is 3. The van der Waals surface area contributed by atoms with Crippen LogP contribution in [0, 0.1) is 0 Å². The Labute approximate surface area is 173 Å². The molecule has 0 aliphatic heterocycles. The maximum Gasteiger partial charge on any atom is 0.326 e. The Bertz CT molecular complexity index is 857. The molecule has 3 atom stereocenters. The summed E-state index contributed by atoms with van der Waals surface area (Å²) in [5, 5.41) is 32.9. The van der Waals surface area contributed by atoms with Crippen molar-refractivity contribution >= 4 is 17.8 Å². The summed E-state index contributed by atoms with van der Waals surface area (Å²) in [6, 6.07) is 11.3. The van der Waals surface area contributed by atoms with Crippen molar-refractivity contribution < 1.29 is 29.7 Å². The van der Waals surface area contributed by atoms with Gasteiger partial charge in [-0.15, -0.1) is 0 Å². The molecule has 0 bridgehead atoms. The molecule has 2 rings (SSSR count). The second kappa shape index (κ2) is 10.9. The monoisotopic (exact) mass is 415 g/mol. The van der Waals surface area contributed by atoms with Gasteiger partial charge in [-0.3, -0.25) is 9.59 Å². The molecule has 0 radical (unpaired) electrons. The fraction of sp³-hybridized carbons (Fsp3) is 0.286. The predicted molar refractivity (Wildman–Crippen MR) is 109 cm³/mol. The van der Waals surface area contributed by atoms with Crippen molar-refractivity contribution in [2.75, 3.05) is 6.61 Å². The summed E-state index contributed by atoms with van der Waals surface area (Å²) >= 11 is 0. The first-order chi connectivity index (χ1) is 14.3. The summed E-state index contributed by atoms with van der Waals surface area (Å²) in [6.45, 7) is -0.606. The van der Waals surface area contributed by atoms with Crippen LogP contribution in [0.2, 0.25) is 0 Å². The zero-order valence-electron chi connectivity index (χ0n) is 16.2. The van der Waals surface area contributed by atoms with E-state index in [0.29, 0.717) is 5.56 Å². The van der Waals surface area contributed by atoms with Gasteiger partial charge in [0.25, 0.3) is 0 Å². The number of aliphatic hydroxyl groups excluding tert-OH is 1. The molecule has 0 heterocycles. The molecule has 3 unspecified atom stereocenters. The lowest BCUT2D eigenvalue weighted by Crippen LogP contribution is -2.56. The van der Waals surface area contributed by atoms with Gasteiger partial charge in [0.05, 0.1) is 6.61 Å². The number of phenolic OH excluding ortho intramolecular Hbond substituents is 1. The van der Waals surface area contributed by atoms with Crippen molar-refractivity contribution in [3.8, 4) is 5.75 Å². The van der Waals surface area contributed by atoms with Gasteiger partial charge in [0, 0.05) is 12.8 Å². The van der Waals surface area contributed by atoms with Gasteiger partial charge in [-0.2, -0.15) is 0 Å². The lowest BCUT2D eigenvalue weighted by molar-refractivity contribution is -0.142. The first-order valence-electron chi connectivity index (χ1n) is 9.32. The number of amides is 2. The van der Waals surface area contributed by atoms with E-state index in [9.17, 15) is 24.6 Å². The van der Waals surface area contributed by atoms with Gasteiger partial charge in [-0.1, -0.05) is 42.5 Å². The van der Waals surface area contributed by atoms with Gasteiger partial charge in [-0.05, 0) is 23.3 Å². The topological polar surface area (TPSA) is 162 Å². The average Bonchev–Trinajstić information content (AvgIpc) is 2.74. The van der Waals surface area contributed by atoms with Crippen LogP contribution in [0.5, 0.6) is 5.75 Å². The van der Waals surface area contributed by atoms with Crippen LogP contribution in [-0.4, -0.2) is 57.8 Å². The second-order valence-corrected chi connectivity index (χ2v) is 6.81. The van der Waals surface area contributed by atoms with E-state index in [1.54, 1.807) is 42.5 Å². The maximum atomic E-state index is 12.8. The summed E-state index contributed by atoms with van der Waals surface area (Å²) in [4.78, 5) is 36.6. The van der Waals surface area contributed by atoms with E-state index in [1.807, 2.05) is 0 Å². The summed E-state index contributed by atoms with van der Waals surface area (Å²) in [7, 11) is 0. The van der Waals surface area contributed by atoms with Crippen molar-refractivity contribution in [3.05, 3.63) is 65.7 Å². The molecule has 0 saturated heterocycles. The molecule has 0 aliphatic carbocycles. The number of nitrogens with two attached hydrogens (primary N) is 1. The highest BCUT2D eigenvalue weighted by Gasteiger charge is 2.28. The third-order valence-electron chi connectivity index (χ3n) is 4.44. The minimum absolute atomic E-state index is 0.0354. The molecule has 0 aliphatic rings. The summed E-state index contributed by atoms with van der Waals surface area (Å²) < 4.78 is 0. The Morgan fingerprint density at radius 2 is 1.37 bits per heavy atom.